The number of nitrogens with one attached hydrogen (secondary N) is 1. The summed E-state index contributed by atoms with van der Waals surface area (Å²) in [6, 6.07) is 0. The standard InChI is InChI=1S/C9H15NO3/c11-9(8-5-12-6-13-8)7-1-3-10-4-2-7/h5,7,9-11H,1-4,6H2. The molecule has 4 heteroatoms. The summed E-state index contributed by atoms with van der Waals surface area (Å²) in [5.74, 6) is 0.904. The van der Waals surface area contributed by atoms with Crippen LogP contribution in [0.1, 0.15) is 12.8 Å². The largest absolute Gasteiger partial charge is 0.462 e. The molecule has 2 aliphatic rings. The highest BCUT2D eigenvalue weighted by molar-refractivity contribution is 5.01. The number of rotatable bonds is 2. The van der Waals surface area contributed by atoms with Crippen molar-refractivity contribution < 1.29 is 14.6 Å². The molecule has 0 radical (unpaired) electrons. The van der Waals surface area contributed by atoms with Crippen LogP contribution in [-0.2, 0) is 9.47 Å². The van der Waals surface area contributed by atoms with E-state index in [1.807, 2.05) is 0 Å². The van der Waals surface area contributed by atoms with Gasteiger partial charge in [0.05, 0.1) is 0 Å². The fourth-order valence-electron chi connectivity index (χ4n) is 1.80. The first-order valence-electron chi connectivity index (χ1n) is 4.71. The molecule has 2 N–H and O–H groups in total. The maximum Gasteiger partial charge on any atom is 0.230 e. The predicted octanol–water partition coefficient (Wildman–Crippen LogP) is 0.193. The normalized spacial score (nSPS) is 26.1. The van der Waals surface area contributed by atoms with Crippen LogP contribution >= 0.6 is 0 Å². The van der Waals surface area contributed by atoms with Crippen molar-refractivity contribution in [3.8, 4) is 0 Å². The van der Waals surface area contributed by atoms with Gasteiger partial charge >= 0.3 is 0 Å². The van der Waals surface area contributed by atoms with E-state index < -0.39 is 6.10 Å². The summed E-state index contributed by atoms with van der Waals surface area (Å²) in [5.41, 5.74) is 0. The molecule has 0 saturated carbocycles. The van der Waals surface area contributed by atoms with Crippen molar-refractivity contribution in [3.05, 3.63) is 12.0 Å². The van der Waals surface area contributed by atoms with Crippen molar-refractivity contribution in [2.24, 2.45) is 5.92 Å². The number of aliphatic hydroxyl groups excluding tert-OH is 1. The molecule has 2 rings (SSSR count). The first kappa shape index (κ1) is 8.84. The lowest BCUT2D eigenvalue weighted by Gasteiger charge is -2.26. The van der Waals surface area contributed by atoms with E-state index in [0.29, 0.717) is 11.7 Å². The van der Waals surface area contributed by atoms with Gasteiger partial charge in [-0.25, -0.2) is 0 Å². The molecule has 0 aromatic heterocycles. The molecule has 1 unspecified atom stereocenters. The van der Waals surface area contributed by atoms with E-state index in [-0.39, 0.29) is 6.79 Å². The second kappa shape index (κ2) is 3.98. The molecule has 13 heavy (non-hydrogen) atoms. The van der Waals surface area contributed by atoms with E-state index in [4.69, 9.17) is 9.47 Å². The Balaban J connectivity index is 1.90. The molecular weight excluding hydrogens is 170 g/mol. The first-order chi connectivity index (χ1) is 6.38. The van der Waals surface area contributed by atoms with Gasteiger partial charge < -0.3 is 19.9 Å². The topological polar surface area (TPSA) is 50.7 Å². The van der Waals surface area contributed by atoms with Crippen LogP contribution in [-0.4, -0.2) is 31.1 Å². The van der Waals surface area contributed by atoms with Crippen molar-refractivity contribution in [3.63, 3.8) is 0 Å². The lowest BCUT2D eigenvalue weighted by molar-refractivity contribution is 0.0268. The van der Waals surface area contributed by atoms with Crippen LogP contribution in [0.5, 0.6) is 0 Å². The van der Waals surface area contributed by atoms with Gasteiger partial charge in [0, 0.05) is 0 Å². The summed E-state index contributed by atoms with van der Waals surface area (Å²) >= 11 is 0. The van der Waals surface area contributed by atoms with Crippen molar-refractivity contribution in [2.45, 2.75) is 18.9 Å². The minimum Gasteiger partial charge on any atom is -0.462 e. The molecule has 2 heterocycles. The van der Waals surface area contributed by atoms with Crippen molar-refractivity contribution in [1.29, 1.82) is 0 Å². The van der Waals surface area contributed by atoms with Crippen LogP contribution in [0.2, 0.25) is 0 Å². The van der Waals surface area contributed by atoms with E-state index in [0.717, 1.165) is 25.9 Å². The Labute approximate surface area is 77.5 Å². The van der Waals surface area contributed by atoms with E-state index in [9.17, 15) is 5.11 Å². The van der Waals surface area contributed by atoms with Gasteiger partial charge in [-0.1, -0.05) is 0 Å². The van der Waals surface area contributed by atoms with Gasteiger partial charge in [0.2, 0.25) is 6.79 Å². The Morgan fingerprint density at radius 2 is 2.23 bits per heavy atom. The summed E-state index contributed by atoms with van der Waals surface area (Å²) in [6.07, 6.45) is 3.04. The monoisotopic (exact) mass is 185 g/mol. The van der Waals surface area contributed by atoms with E-state index >= 15 is 0 Å². The smallest absolute Gasteiger partial charge is 0.230 e. The summed E-state index contributed by atoms with van der Waals surface area (Å²) < 4.78 is 10.0. The van der Waals surface area contributed by atoms with Gasteiger partial charge in [0.15, 0.2) is 5.76 Å². The summed E-state index contributed by atoms with van der Waals surface area (Å²) in [6.45, 7) is 2.21. The highest BCUT2D eigenvalue weighted by Gasteiger charge is 2.27. The molecule has 74 valence electrons. The van der Waals surface area contributed by atoms with Crippen LogP contribution in [0.25, 0.3) is 0 Å². The zero-order chi connectivity index (χ0) is 9.10. The zero-order valence-corrected chi connectivity index (χ0v) is 7.53. The SMILES string of the molecule is OC(C1=COCO1)C1CCNCC1. The molecule has 0 bridgehead atoms. The fraction of sp³-hybridized carbons (Fsp3) is 0.778. The average Bonchev–Trinajstić information content (AvgIpc) is 2.71. The van der Waals surface area contributed by atoms with Gasteiger partial charge in [0.1, 0.15) is 12.4 Å². The lowest BCUT2D eigenvalue weighted by atomic mass is 9.91. The minimum atomic E-state index is -0.482. The van der Waals surface area contributed by atoms with Crippen molar-refractivity contribution >= 4 is 0 Å². The van der Waals surface area contributed by atoms with Crippen molar-refractivity contribution in [2.75, 3.05) is 19.9 Å². The summed E-state index contributed by atoms with van der Waals surface area (Å²) in [7, 11) is 0. The third kappa shape index (κ3) is 1.95. The van der Waals surface area contributed by atoms with E-state index in [2.05, 4.69) is 5.32 Å². The Morgan fingerprint density at radius 3 is 2.85 bits per heavy atom. The predicted molar refractivity (Wildman–Crippen MR) is 46.7 cm³/mol. The Hall–Kier alpha value is -0.740. The number of aliphatic hydroxyl groups is 1. The molecule has 0 aromatic carbocycles. The van der Waals surface area contributed by atoms with Gasteiger partial charge in [0.25, 0.3) is 0 Å². The van der Waals surface area contributed by atoms with Crippen LogP contribution in [0.3, 0.4) is 0 Å². The Bertz CT molecular complexity index is 199. The number of hydrogen-bond acceptors (Lipinski definition) is 4. The fourth-order valence-corrected chi connectivity index (χ4v) is 1.80. The van der Waals surface area contributed by atoms with Crippen LogP contribution in [0.4, 0.5) is 0 Å². The molecule has 0 aromatic rings. The molecule has 0 aliphatic carbocycles. The molecule has 0 spiro atoms. The molecule has 1 atom stereocenters. The number of hydrogen-bond donors (Lipinski definition) is 2. The second-order valence-electron chi connectivity index (χ2n) is 3.48. The van der Waals surface area contributed by atoms with Gasteiger partial charge in [-0.15, -0.1) is 0 Å². The van der Waals surface area contributed by atoms with Crippen LogP contribution in [0, 0.1) is 5.92 Å². The molecule has 4 nitrogen and oxygen atoms in total. The molecule has 1 fully saturated rings. The van der Waals surface area contributed by atoms with Crippen LogP contribution < -0.4 is 5.32 Å². The number of piperidine rings is 1. The average molecular weight is 185 g/mol. The third-order valence-corrected chi connectivity index (χ3v) is 2.61. The highest BCUT2D eigenvalue weighted by Crippen LogP contribution is 2.24. The summed E-state index contributed by atoms with van der Waals surface area (Å²) in [4.78, 5) is 0. The quantitative estimate of drug-likeness (QED) is 0.645. The van der Waals surface area contributed by atoms with Gasteiger partial charge in [-0.05, 0) is 31.8 Å². The first-order valence-corrected chi connectivity index (χ1v) is 4.71. The van der Waals surface area contributed by atoms with Crippen LogP contribution in [0.15, 0.2) is 12.0 Å². The maximum absolute atomic E-state index is 9.87. The molecule has 0 amide bonds. The molecule has 2 aliphatic heterocycles. The lowest BCUT2D eigenvalue weighted by Crippen LogP contribution is -2.35. The molecule has 1 saturated heterocycles. The van der Waals surface area contributed by atoms with Gasteiger partial charge in [-0.3, -0.25) is 0 Å². The summed E-state index contributed by atoms with van der Waals surface area (Å²) in [5, 5.41) is 13.1. The second-order valence-corrected chi connectivity index (χ2v) is 3.48. The minimum absolute atomic E-state index is 0.247. The van der Waals surface area contributed by atoms with Gasteiger partial charge in [-0.2, -0.15) is 0 Å². The Kier molecular flexibility index (Phi) is 2.71. The molecular formula is C9H15NO3. The van der Waals surface area contributed by atoms with Crippen molar-refractivity contribution in [1.82, 2.24) is 5.32 Å². The highest BCUT2D eigenvalue weighted by atomic mass is 16.7. The zero-order valence-electron chi connectivity index (χ0n) is 7.53. The van der Waals surface area contributed by atoms with E-state index in [1.54, 1.807) is 0 Å². The maximum atomic E-state index is 9.87. The number of ether oxygens (including phenoxy) is 2. The van der Waals surface area contributed by atoms with E-state index in [1.165, 1.54) is 6.26 Å². The third-order valence-electron chi connectivity index (χ3n) is 2.61. The Morgan fingerprint density at radius 1 is 1.46 bits per heavy atom.